The lowest BCUT2D eigenvalue weighted by Gasteiger charge is -2.26. The molecule has 1 heterocycles. The fourth-order valence-electron chi connectivity index (χ4n) is 2.45. The van der Waals surface area contributed by atoms with Gasteiger partial charge in [0.1, 0.15) is 11.6 Å². The quantitative estimate of drug-likeness (QED) is 0.874. The van der Waals surface area contributed by atoms with Crippen LogP contribution in [0, 0.1) is 5.82 Å². The summed E-state index contributed by atoms with van der Waals surface area (Å²) in [5.74, 6) is -0.284. The number of ether oxygens (including phenoxy) is 1. The van der Waals surface area contributed by atoms with Crippen LogP contribution in [0.2, 0.25) is 0 Å². The predicted octanol–water partition coefficient (Wildman–Crippen LogP) is 2.36. The zero-order valence-electron chi connectivity index (χ0n) is 13.2. The summed E-state index contributed by atoms with van der Waals surface area (Å²) in [6.07, 6.45) is 3.15. The third kappa shape index (κ3) is 5.12. The number of urea groups is 1. The van der Waals surface area contributed by atoms with E-state index in [-0.39, 0.29) is 18.2 Å². The van der Waals surface area contributed by atoms with Crippen LogP contribution in [0.4, 0.5) is 14.9 Å². The van der Waals surface area contributed by atoms with E-state index < -0.39 is 11.8 Å². The second kappa shape index (κ2) is 8.36. The zero-order chi connectivity index (χ0) is 16.7. The maximum absolute atomic E-state index is 13.2. The van der Waals surface area contributed by atoms with Crippen molar-refractivity contribution in [3.05, 3.63) is 24.0 Å². The molecule has 0 aliphatic carbocycles. The molecule has 0 aromatic heterocycles. The second-order valence-corrected chi connectivity index (χ2v) is 5.32. The summed E-state index contributed by atoms with van der Waals surface area (Å²) >= 11 is 0. The molecule has 1 aliphatic heterocycles. The third-order valence-corrected chi connectivity index (χ3v) is 3.60. The van der Waals surface area contributed by atoms with Crippen LogP contribution in [0.3, 0.4) is 0 Å². The van der Waals surface area contributed by atoms with Crippen molar-refractivity contribution in [2.45, 2.75) is 26.2 Å². The molecule has 0 unspecified atom stereocenters. The van der Waals surface area contributed by atoms with Crippen molar-refractivity contribution in [3.8, 4) is 5.75 Å². The number of nitrogens with zero attached hydrogens (tertiary/aromatic N) is 1. The predicted molar refractivity (Wildman–Crippen MR) is 85.0 cm³/mol. The van der Waals surface area contributed by atoms with Crippen LogP contribution in [-0.2, 0) is 4.79 Å². The molecule has 23 heavy (non-hydrogen) atoms. The molecule has 1 aromatic rings. The first-order valence-electron chi connectivity index (χ1n) is 7.85. The lowest BCUT2D eigenvalue weighted by molar-refractivity contribution is -0.130. The minimum atomic E-state index is -0.525. The van der Waals surface area contributed by atoms with E-state index in [2.05, 4.69) is 10.6 Å². The number of likely N-dealkylation sites (tertiary alicyclic amines) is 1. The molecule has 1 aliphatic rings. The van der Waals surface area contributed by atoms with E-state index in [0.717, 1.165) is 32.4 Å². The highest BCUT2D eigenvalue weighted by molar-refractivity contribution is 5.93. The van der Waals surface area contributed by atoms with Gasteiger partial charge in [-0.3, -0.25) is 4.79 Å². The SMILES string of the molecule is CCOc1cc(F)ccc1NC(=O)NCC(=O)N1CCCCC1. The van der Waals surface area contributed by atoms with E-state index in [4.69, 9.17) is 4.74 Å². The summed E-state index contributed by atoms with van der Waals surface area (Å²) in [7, 11) is 0. The van der Waals surface area contributed by atoms with Gasteiger partial charge in [-0.2, -0.15) is 0 Å². The maximum Gasteiger partial charge on any atom is 0.319 e. The average molecular weight is 323 g/mol. The van der Waals surface area contributed by atoms with Gasteiger partial charge in [0.15, 0.2) is 0 Å². The molecule has 2 rings (SSSR count). The van der Waals surface area contributed by atoms with Crippen molar-refractivity contribution >= 4 is 17.6 Å². The second-order valence-electron chi connectivity index (χ2n) is 5.32. The van der Waals surface area contributed by atoms with Crippen molar-refractivity contribution in [1.82, 2.24) is 10.2 Å². The van der Waals surface area contributed by atoms with Crippen molar-refractivity contribution in [3.63, 3.8) is 0 Å². The van der Waals surface area contributed by atoms with E-state index >= 15 is 0 Å². The first-order chi connectivity index (χ1) is 11.1. The van der Waals surface area contributed by atoms with Crippen LogP contribution in [0.5, 0.6) is 5.75 Å². The normalized spacial score (nSPS) is 14.3. The van der Waals surface area contributed by atoms with Gasteiger partial charge in [0.25, 0.3) is 0 Å². The molecule has 6 nitrogen and oxygen atoms in total. The Morgan fingerprint density at radius 2 is 2.00 bits per heavy atom. The van der Waals surface area contributed by atoms with Gasteiger partial charge in [-0.25, -0.2) is 9.18 Å². The molecule has 1 aromatic carbocycles. The lowest BCUT2D eigenvalue weighted by Crippen LogP contribution is -2.43. The summed E-state index contributed by atoms with van der Waals surface area (Å²) in [5.41, 5.74) is 0.358. The van der Waals surface area contributed by atoms with Crippen LogP contribution >= 0.6 is 0 Å². The number of benzene rings is 1. The van der Waals surface area contributed by atoms with Crippen molar-refractivity contribution < 1.29 is 18.7 Å². The van der Waals surface area contributed by atoms with Gasteiger partial charge in [0.05, 0.1) is 18.8 Å². The highest BCUT2D eigenvalue weighted by Crippen LogP contribution is 2.25. The number of halogens is 1. The third-order valence-electron chi connectivity index (χ3n) is 3.60. The van der Waals surface area contributed by atoms with Gasteiger partial charge >= 0.3 is 6.03 Å². The Hall–Kier alpha value is -2.31. The number of anilines is 1. The molecule has 0 bridgehead atoms. The fourth-order valence-corrected chi connectivity index (χ4v) is 2.45. The number of rotatable bonds is 5. The minimum absolute atomic E-state index is 0.0585. The molecular weight excluding hydrogens is 301 g/mol. The van der Waals surface area contributed by atoms with Gasteiger partial charge < -0.3 is 20.3 Å². The monoisotopic (exact) mass is 323 g/mol. The van der Waals surface area contributed by atoms with Crippen LogP contribution in [0.1, 0.15) is 26.2 Å². The number of amides is 3. The van der Waals surface area contributed by atoms with Gasteiger partial charge in [-0.05, 0) is 38.3 Å². The summed E-state index contributed by atoms with van der Waals surface area (Å²) in [6, 6.07) is 3.34. The van der Waals surface area contributed by atoms with Crippen molar-refractivity contribution in [2.75, 3.05) is 31.6 Å². The standard InChI is InChI=1S/C16H22FN3O3/c1-2-23-14-10-12(17)6-7-13(14)19-16(22)18-11-15(21)20-8-4-3-5-9-20/h6-7,10H,2-5,8-9,11H2,1H3,(H2,18,19,22). The van der Waals surface area contributed by atoms with E-state index in [0.29, 0.717) is 12.3 Å². The molecule has 0 saturated carbocycles. The Bertz CT molecular complexity index is 560. The van der Waals surface area contributed by atoms with Crippen LogP contribution in [0.25, 0.3) is 0 Å². The first kappa shape index (κ1) is 17.1. The van der Waals surface area contributed by atoms with E-state index in [1.807, 2.05) is 0 Å². The molecule has 0 radical (unpaired) electrons. The van der Waals surface area contributed by atoms with E-state index in [1.165, 1.54) is 18.2 Å². The molecule has 0 spiro atoms. The van der Waals surface area contributed by atoms with E-state index in [9.17, 15) is 14.0 Å². The van der Waals surface area contributed by atoms with E-state index in [1.54, 1.807) is 11.8 Å². The molecular formula is C16H22FN3O3. The lowest BCUT2D eigenvalue weighted by atomic mass is 10.1. The molecule has 0 atom stereocenters. The number of hydrogen-bond donors (Lipinski definition) is 2. The van der Waals surface area contributed by atoms with Crippen molar-refractivity contribution in [1.29, 1.82) is 0 Å². The molecule has 3 amide bonds. The Balaban J connectivity index is 1.85. The average Bonchev–Trinajstić information content (AvgIpc) is 2.56. The summed E-state index contributed by atoms with van der Waals surface area (Å²) in [5, 5.41) is 5.09. The number of nitrogens with one attached hydrogen (secondary N) is 2. The van der Waals surface area contributed by atoms with Gasteiger partial charge in [-0.15, -0.1) is 0 Å². The Morgan fingerprint density at radius 1 is 1.26 bits per heavy atom. The maximum atomic E-state index is 13.2. The topological polar surface area (TPSA) is 70.7 Å². The minimum Gasteiger partial charge on any atom is -0.492 e. The number of piperidine rings is 1. The van der Waals surface area contributed by atoms with Crippen LogP contribution in [0.15, 0.2) is 18.2 Å². The number of carbonyl (C=O) groups is 2. The Kier molecular flexibility index (Phi) is 6.19. The Labute approximate surface area is 135 Å². The van der Waals surface area contributed by atoms with Gasteiger partial charge in [0, 0.05) is 19.2 Å². The number of hydrogen-bond acceptors (Lipinski definition) is 3. The molecule has 7 heteroatoms. The molecule has 1 saturated heterocycles. The highest BCUT2D eigenvalue weighted by atomic mass is 19.1. The molecule has 2 N–H and O–H groups in total. The van der Waals surface area contributed by atoms with Crippen LogP contribution in [-0.4, -0.2) is 43.1 Å². The molecule has 126 valence electrons. The smallest absolute Gasteiger partial charge is 0.319 e. The summed E-state index contributed by atoms with van der Waals surface area (Å²) in [4.78, 5) is 25.6. The highest BCUT2D eigenvalue weighted by Gasteiger charge is 2.17. The Morgan fingerprint density at radius 3 is 2.70 bits per heavy atom. The zero-order valence-corrected chi connectivity index (χ0v) is 13.2. The van der Waals surface area contributed by atoms with Crippen LogP contribution < -0.4 is 15.4 Å². The number of carbonyl (C=O) groups excluding carboxylic acids is 2. The largest absolute Gasteiger partial charge is 0.492 e. The summed E-state index contributed by atoms with van der Waals surface area (Å²) in [6.45, 7) is 3.55. The first-order valence-corrected chi connectivity index (χ1v) is 7.85. The van der Waals surface area contributed by atoms with Gasteiger partial charge in [-0.1, -0.05) is 0 Å². The molecule has 1 fully saturated rings. The fraction of sp³-hybridized carbons (Fsp3) is 0.500. The van der Waals surface area contributed by atoms with Crippen molar-refractivity contribution in [2.24, 2.45) is 0 Å². The van der Waals surface area contributed by atoms with Gasteiger partial charge in [0.2, 0.25) is 5.91 Å². The summed E-state index contributed by atoms with van der Waals surface area (Å²) < 4.78 is 18.5.